The summed E-state index contributed by atoms with van der Waals surface area (Å²) in [5.74, 6) is 0.347. The van der Waals surface area contributed by atoms with Crippen molar-refractivity contribution < 1.29 is 4.39 Å². The van der Waals surface area contributed by atoms with E-state index in [1.54, 1.807) is 6.07 Å². The Bertz CT molecular complexity index is 768. The first-order valence-corrected chi connectivity index (χ1v) is 7.26. The number of nitrogens with one attached hydrogen (secondary N) is 1. The Morgan fingerprint density at radius 1 is 1.14 bits per heavy atom. The molecule has 5 heteroatoms. The molecule has 1 heterocycles. The fourth-order valence-electron chi connectivity index (χ4n) is 2.09. The maximum Gasteiger partial charge on any atom is 0.212 e. The van der Waals surface area contributed by atoms with Gasteiger partial charge in [0.05, 0.1) is 11.4 Å². The second-order valence-electron chi connectivity index (χ2n) is 4.66. The largest absolute Gasteiger partial charge is 0.324 e. The van der Waals surface area contributed by atoms with Crippen LogP contribution in [0.2, 0.25) is 0 Å². The van der Waals surface area contributed by atoms with Gasteiger partial charge in [0.2, 0.25) is 5.95 Å². The van der Waals surface area contributed by atoms with Gasteiger partial charge < -0.3 is 5.32 Å². The number of halogens is 2. The molecule has 3 rings (SSSR count). The molecule has 1 aromatic heterocycles. The van der Waals surface area contributed by atoms with E-state index in [1.165, 1.54) is 12.1 Å². The Morgan fingerprint density at radius 3 is 2.67 bits per heavy atom. The number of nitrogens with zero attached hydrogens (tertiary/aromatic N) is 2. The molecule has 0 aliphatic heterocycles. The van der Waals surface area contributed by atoms with Crippen molar-refractivity contribution in [3.63, 3.8) is 0 Å². The van der Waals surface area contributed by atoms with Crippen molar-refractivity contribution in [2.75, 3.05) is 5.32 Å². The van der Waals surface area contributed by atoms with Gasteiger partial charge in [-0.15, -0.1) is 0 Å². The molecule has 0 saturated heterocycles. The van der Waals surface area contributed by atoms with Crippen molar-refractivity contribution in [3.8, 4) is 5.69 Å². The molecule has 0 unspecified atom stereocenters. The summed E-state index contributed by atoms with van der Waals surface area (Å²) < 4.78 is 16.1. The molecular weight excluding hydrogens is 333 g/mol. The minimum atomic E-state index is -0.296. The van der Waals surface area contributed by atoms with Crippen LogP contribution in [0.25, 0.3) is 5.69 Å². The molecule has 0 bridgehead atoms. The van der Waals surface area contributed by atoms with E-state index in [9.17, 15) is 4.39 Å². The van der Waals surface area contributed by atoms with E-state index in [-0.39, 0.29) is 5.82 Å². The average molecular weight is 346 g/mol. The van der Waals surface area contributed by atoms with Gasteiger partial charge in [0.25, 0.3) is 0 Å². The highest BCUT2D eigenvalue weighted by atomic mass is 79.9. The molecule has 0 amide bonds. The van der Waals surface area contributed by atoms with Crippen molar-refractivity contribution in [1.82, 2.24) is 9.55 Å². The second-order valence-corrected chi connectivity index (χ2v) is 5.51. The van der Waals surface area contributed by atoms with E-state index < -0.39 is 0 Å². The summed E-state index contributed by atoms with van der Waals surface area (Å²) in [4.78, 5) is 4.46. The fraction of sp³-hybridized carbons (Fsp3) is 0.0625. The lowest BCUT2D eigenvalue weighted by atomic mass is 10.3. The first kappa shape index (κ1) is 13.8. The molecule has 0 atom stereocenters. The third kappa shape index (κ3) is 2.97. The first-order valence-electron chi connectivity index (χ1n) is 6.47. The number of anilines is 2. The van der Waals surface area contributed by atoms with Crippen LogP contribution < -0.4 is 5.32 Å². The molecule has 0 aliphatic rings. The third-order valence-electron chi connectivity index (χ3n) is 3.04. The van der Waals surface area contributed by atoms with Crippen LogP contribution in [0.5, 0.6) is 0 Å². The third-order valence-corrected chi connectivity index (χ3v) is 3.73. The standard InChI is InChI=1S/C16H13BrFN3/c1-11-10-21(13-5-3-2-4-6-13)16(19-11)20-15-9-12(18)7-8-14(15)17/h2-10H,1H3,(H,19,20). The van der Waals surface area contributed by atoms with E-state index in [0.29, 0.717) is 11.6 Å². The number of hydrogen-bond acceptors (Lipinski definition) is 2. The SMILES string of the molecule is Cc1cn(-c2ccccc2)c(Nc2cc(F)ccc2Br)n1. The van der Waals surface area contributed by atoms with Crippen LogP contribution in [0.15, 0.2) is 59.2 Å². The summed E-state index contributed by atoms with van der Waals surface area (Å²) in [5.41, 5.74) is 2.51. The average Bonchev–Trinajstić information content (AvgIpc) is 2.85. The van der Waals surface area contributed by atoms with Crippen molar-refractivity contribution in [1.29, 1.82) is 0 Å². The first-order chi connectivity index (χ1) is 10.1. The highest BCUT2D eigenvalue weighted by Gasteiger charge is 2.10. The number of rotatable bonds is 3. The van der Waals surface area contributed by atoms with Gasteiger partial charge in [-0.25, -0.2) is 9.37 Å². The van der Waals surface area contributed by atoms with Crippen LogP contribution in [0.3, 0.4) is 0 Å². The Hall–Kier alpha value is -2.14. The Kier molecular flexibility index (Phi) is 3.75. The highest BCUT2D eigenvalue weighted by molar-refractivity contribution is 9.10. The number of para-hydroxylation sites is 1. The smallest absolute Gasteiger partial charge is 0.212 e. The van der Waals surface area contributed by atoms with Crippen LogP contribution >= 0.6 is 15.9 Å². The van der Waals surface area contributed by atoms with Gasteiger partial charge in [-0.3, -0.25) is 4.57 Å². The number of benzene rings is 2. The molecule has 21 heavy (non-hydrogen) atoms. The Balaban J connectivity index is 2.02. The number of imidazole rings is 1. The molecule has 0 spiro atoms. The number of aryl methyl sites for hydroxylation is 1. The lowest BCUT2D eigenvalue weighted by molar-refractivity contribution is 0.628. The molecule has 3 aromatic rings. The summed E-state index contributed by atoms with van der Waals surface area (Å²) in [7, 11) is 0. The molecular formula is C16H13BrFN3. The monoisotopic (exact) mass is 345 g/mol. The molecule has 0 radical (unpaired) electrons. The van der Waals surface area contributed by atoms with Gasteiger partial charge in [0.1, 0.15) is 5.82 Å². The summed E-state index contributed by atoms with van der Waals surface area (Å²) in [6.07, 6.45) is 1.94. The van der Waals surface area contributed by atoms with Gasteiger partial charge in [-0.05, 0) is 53.2 Å². The van der Waals surface area contributed by atoms with Gasteiger partial charge in [0.15, 0.2) is 0 Å². The predicted molar refractivity (Wildman–Crippen MR) is 85.7 cm³/mol. The predicted octanol–water partition coefficient (Wildman–Crippen LogP) is 4.83. The minimum absolute atomic E-state index is 0.296. The second kappa shape index (κ2) is 5.69. The quantitative estimate of drug-likeness (QED) is 0.736. The van der Waals surface area contributed by atoms with Gasteiger partial charge in [0, 0.05) is 16.4 Å². The fourth-order valence-corrected chi connectivity index (χ4v) is 2.43. The zero-order chi connectivity index (χ0) is 14.8. The zero-order valence-electron chi connectivity index (χ0n) is 11.3. The van der Waals surface area contributed by atoms with E-state index in [0.717, 1.165) is 15.9 Å². The van der Waals surface area contributed by atoms with Crippen LogP contribution in [0, 0.1) is 12.7 Å². The lowest BCUT2D eigenvalue weighted by Crippen LogP contribution is -2.01. The number of hydrogen-bond donors (Lipinski definition) is 1. The molecule has 0 saturated carbocycles. The number of aromatic nitrogens is 2. The van der Waals surface area contributed by atoms with E-state index in [1.807, 2.05) is 48.0 Å². The van der Waals surface area contributed by atoms with Crippen LogP contribution in [0.1, 0.15) is 5.69 Å². The summed E-state index contributed by atoms with van der Waals surface area (Å²) >= 11 is 3.41. The van der Waals surface area contributed by atoms with Crippen LogP contribution in [0.4, 0.5) is 16.0 Å². The van der Waals surface area contributed by atoms with E-state index in [4.69, 9.17) is 0 Å². The normalized spacial score (nSPS) is 10.6. The molecule has 106 valence electrons. The summed E-state index contributed by atoms with van der Waals surface area (Å²) in [6.45, 7) is 1.92. The van der Waals surface area contributed by atoms with Crippen molar-refractivity contribution in [2.24, 2.45) is 0 Å². The summed E-state index contributed by atoms with van der Waals surface area (Å²) in [6, 6.07) is 14.4. The molecule has 2 aromatic carbocycles. The Labute approximate surface area is 130 Å². The van der Waals surface area contributed by atoms with Crippen LogP contribution in [-0.2, 0) is 0 Å². The van der Waals surface area contributed by atoms with Gasteiger partial charge in [-0.2, -0.15) is 0 Å². The highest BCUT2D eigenvalue weighted by Crippen LogP contribution is 2.27. The summed E-state index contributed by atoms with van der Waals surface area (Å²) in [5, 5.41) is 3.17. The molecule has 1 N–H and O–H groups in total. The maximum absolute atomic E-state index is 13.4. The topological polar surface area (TPSA) is 29.9 Å². The Morgan fingerprint density at radius 2 is 1.90 bits per heavy atom. The van der Waals surface area contributed by atoms with E-state index >= 15 is 0 Å². The maximum atomic E-state index is 13.4. The van der Waals surface area contributed by atoms with Crippen molar-refractivity contribution in [3.05, 3.63) is 70.7 Å². The van der Waals surface area contributed by atoms with Gasteiger partial charge in [-0.1, -0.05) is 18.2 Å². The molecule has 0 aliphatic carbocycles. The zero-order valence-corrected chi connectivity index (χ0v) is 12.9. The van der Waals surface area contributed by atoms with Crippen molar-refractivity contribution >= 4 is 27.6 Å². The van der Waals surface area contributed by atoms with E-state index in [2.05, 4.69) is 26.2 Å². The van der Waals surface area contributed by atoms with Gasteiger partial charge >= 0.3 is 0 Å². The lowest BCUT2D eigenvalue weighted by Gasteiger charge is -2.11. The van der Waals surface area contributed by atoms with Crippen LogP contribution in [-0.4, -0.2) is 9.55 Å². The molecule has 3 nitrogen and oxygen atoms in total. The molecule has 0 fully saturated rings. The van der Waals surface area contributed by atoms with Crippen molar-refractivity contribution in [2.45, 2.75) is 6.92 Å². The minimum Gasteiger partial charge on any atom is -0.324 e.